The van der Waals surface area contributed by atoms with Gasteiger partial charge in [0.1, 0.15) is 11.4 Å². The Morgan fingerprint density at radius 3 is 2.61 bits per heavy atom. The van der Waals surface area contributed by atoms with Gasteiger partial charge in [-0.25, -0.2) is 4.98 Å². The molecule has 3 N–H and O–H groups in total. The van der Waals surface area contributed by atoms with Gasteiger partial charge < -0.3 is 15.6 Å². The van der Waals surface area contributed by atoms with Gasteiger partial charge in [0, 0.05) is 35.5 Å². The van der Waals surface area contributed by atoms with Crippen molar-refractivity contribution in [3.05, 3.63) is 76.0 Å². The maximum atomic E-state index is 13.4. The zero-order chi connectivity index (χ0) is 22.0. The van der Waals surface area contributed by atoms with Crippen molar-refractivity contribution in [2.75, 3.05) is 17.2 Å². The number of para-hydroxylation sites is 1. The fourth-order valence-corrected chi connectivity index (χ4v) is 3.44. The van der Waals surface area contributed by atoms with E-state index in [1.54, 1.807) is 12.1 Å². The number of aromatic nitrogens is 3. The predicted molar refractivity (Wildman–Crippen MR) is 117 cm³/mol. The molecule has 31 heavy (non-hydrogen) atoms. The highest BCUT2D eigenvalue weighted by molar-refractivity contribution is 6.42. The number of halogens is 5. The van der Waals surface area contributed by atoms with Crippen molar-refractivity contribution < 1.29 is 13.2 Å². The van der Waals surface area contributed by atoms with Gasteiger partial charge in [0.25, 0.3) is 0 Å². The molecule has 160 valence electrons. The largest absolute Gasteiger partial charge is 0.421 e. The normalized spacial score (nSPS) is 11.6. The van der Waals surface area contributed by atoms with Crippen molar-refractivity contribution in [3.8, 4) is 0 Å². The molecule has 0 bridgehead atoms. The Morgan fingerprint density at radius 2 is 1.84 bits per heavy atom. The zero-order valence-corrected chi connectivity index (χ0v) is 17.4. The number of benzene rings is 2. The second-order valence-corrected chi connectivity index (χ2v) is 7.56. The Labute approximate surface area is 185 Å². The van der Waals surface area contributed by atoms with Gasteiger partial charge in [-0.05, 0) is 36.2 Å². The Bertz CT molecular complexity index is 1220. The quantitative estimate of drug-likeness (QED) is 0.297. The summed E-state index contributed by atoms with van der Waals surface area (Å²) >= 11 is 11.9. The molecular formula is C21H16Cl2F3N5. The number of anilines is 3. The van der Waals surface area contributed by atoms with Crippen LogP contribution in [0.3, 0.4) is 0 Å². The average Bonchev–Trinajstić information content (AvgIpc) is 3.13. The lowest BCUT2D eigenvalue weighted by Crippen LogP contribution is -2.16. The molecular weight excluding hydrogens is 450 g/mol. The summed E-state index contributed by atoms with van der Waals surface area (Å²) in [4.78, 5) is 11.0. The minimum Gasteiger partial charge on any atom is -0.369 e. The fraction of sp³-hybridized carbons (Fsp3) is 0.143. The van der Waals surface area contributed by atoms with Crippen molar-refractivity contribution in [1.29, 1.82) is 0 Å². The third-order valence-electron chi connectivity index (χ3n) is 4.63. The number of H-pyrrole nitrogens is 1. The molecule has 0 radical (unpaired) electrons. The van der Waals surface area contributed by atoms with E-state index in [9.17, 15) is 13.2 Å². The van der Waals surface area contributed by atoms with E-state index in [0.29, 0.717) is 22.2 Å². The molecule has 0 unspecified atom stereocenters. The fourth-order valence-electron chi connectivity index (χ4n) is 3.14. The molecule has 4 rings (SSSR count). The number of alkyl halides is 3. The number of nitrogens with one attached hydrogen (secondary N) is 3. The number of rotatable bonds is 6. The average molecular weight is 466 g/mol. The van der Waals surface area contributed by atoms with Crippen LogP contribution in [-0.4, -0.2) is 21.5 Å². The van der Waals surface area contributed by atoms with Crippen LogP contribution in [0.2, 0.25) is 10.0 Å². The van der Waals surface area contributed by atoms with Crippen LogP contribution in [0, 0.1) is 0 Å². The van der Waals surface area contributed by atoms with Gasteiger partial charge in [0.2, 0.25) is 5.95 Å². The van der Waals surface area contributed by atoms with E-state index < -0.39 is 11.7 Å². The molecule has 0 saturated carbocycles. The molecule has 0 saturated heterocycles. The van der Waals surface area contributed by atoms with Gasteiger partial charge in [0.15, 0.2) is 0 Å². The second kappa shape index (κ2) is 8.64. The van der Waals surface area contributed by atoms with Crippen molar-refractivity contribution in [1.82, 2.24) is 15.0 Å². The molecule has 5 nitrogen and oxygen atoms in total. The Hall–Kier alpha value is -2.97. The van der Waals surface area contributed by atoms with E-state index in [4.69, 9.17) is 23.2 Å². The molecule has 0 spiro atoms. The topological polar surface area (TPSA) is 65.6 Å². The summed E-state index contributed by atoms with van der Waals surface area (Å²) in [7, 11) is 0. The second-order valence-electron chi connectivity index (χ2n) is 6.74. The van der Waals surface area contributed by atoms with E-state index in [1.165, 1.54) is 6.07 Å². The van der Waals surface area contributed by atoms with Crippen LogP contribution in [0.15, 0.2) is 54.9 Å². The minimum atomic E-state index is -4.59. The van der Waals surface area contributed by atoms with Crippen molar-refractivity contribution in [3.63, 3.8) is 0 Å². The van der Waals surface area contributed by atoms with Gasteiger partial charge in [-0.3, -0.25) is 0 Å². The van der Waals surface area contributed by atoms with Crippen LogP contribution in [-0.2, 0) is 12.6 Å². The monoisotopic (exact) mass is 465 g/mol. The maximum Gasteiger partial charge on any atom is 0.421 e. The lowest BCUT2D eigenvalue weighted by atomic mass is 10.1. The first kappa shape index (κ1) is 21.3. The summed E-state index contributed by atoms with van der Waals surface area (Å²) in [6.45, 7) is 0.258. The first-order valence-corrected chi connectivity index (χ1v) is 10.0. The van der Waals surface area contributed by atoms with E-state index in [2.05, 4.69) is 25.6 Å². The Kier molecular flexibility index (Phi) is 5.93. The number of nitrogens with zero attached hydrogens (tertiary/aromatic N) is 2. The summed E-state index contributed by atoms with van der Waals surface area (Å²) in [6.07, 6.45) is -1.47. The molecule has 0 aliphatic carbocycles. The highest BCUT2D eigenvalue weighted by Gasteiger charge is 2.35. The van der Waals surface area contributed by atoms with Crippen LogP contribution >= 0.6 is 23.2 Å². The Balaban J connectivity index is 1.54. The minimum absolute atomic E-state index is 0.000911. The lowest BCUT2D eigenvalue weighted by Gasteiger charge is -2.15. The summed E-state index contributed by atoms with van der Waals surface area (Å²) in [5.41, 5.74) is 1.54. The highest BCUT2D eigenvalue weighted by atomic mass is 35.5. The summed E-state index contributed by atoms with van der Waals surface area (Å²) in [6, 6.07) is 12.5. The first-order valence-electron chi connectivity index (χ1n) is 9.26. The van der Waals surface area contributed by atoms with Crippen molar-refractivity contribution in [2.24, 2.45) is 0 Å². The van der Waals surface area contributed by atoms with Crippen LogP contribution < -0.4 is 10.6 Å². The first-order chi connectivity index (χ1) is 14.8. The van der Waals surface area contributed by atoms with Crippen LogP contribution in [0.25, 0.3) is 10.9 Å². The number of aromatic amines is 1. The SMILES string of the molecule is FC(F)(F)c1cnc(Nc2ccc(Cl)c(Cl)c2)nc1NCCc1c[nH]c2ccccc12. The van der Waals surface area contributed by atoms with Gasteiger partial charge >= 0.3 is 6.18 Å². The molecule has 0 aliphatic rings. The smallest absolute Gasteiger partial charge is 0.369 e. The molecule has 0 fully saturated rings. The number of hydrogen-bond acceptors (Lipinski definition) is 4. The third-order valence-corrected chi connectivity index (χ3v) is 5.37. The number of hydrogen-bond donors (Lipinski definition) is 3. The molecule has 2 aromatic carbocycles. The van der Waals surface area contributed by atoms with E-state index in [0.717, 1.165) is 22.7 Å². The van der Waals surface area contributed by atoms with Gasteiger partial charge in [-0.1, -0.05) is 41.4 Å². The van der Waals surface area contributed by atoms with Gasteiger partial charge in [-0.2, -0.15) is 18.2 Å². The summed E-state index contributed by atoms with van der Waals surface area (Å²) < 4.78 is 40.3. The highest BCUT2D eigenvalue weighted by Crippen LogP contribution is 2.34. The molecule has 0 atom stereocenters. The Morgan fingerprint density at radius 1 is 1.03 bits per heavy atom. The van der Waals surface area contributed by atoms with Crippen LogP contribution in [0.1, 0.15) is 11.1 Å². The van der Waals surface area contributed by atoms with E-state index >= 15 is 0 Å². The molecule has 0 amide bonds. The summed E-state index contributed by atoms with van der Waals surface area (Å²) in [5, 5.41) is 7.33. The maximum absolute atomic E-state index is 13.4. The molecule has 2 aromatic heterocycles. The molecule has 0 aliphatic heterocycles. The van der Waals surface area contributed by atoms with Crippen LogP contribution in [0.4, 0.5) is 30.6 Å². The molecule has 4 aromatic rings. The van der Waals surface area contributed by atoms with E-state index in [1.807, 2.05) is 30.5 Å². The molecule has 2 heterocycles. The third kappa shape index (κ3) is 4.86. The van der Waals surface area contributed by atoms with E-state index in [-0.39, 0.29) is 18.3 Å². The van der Waals surface area contributed by atoms with Gasteiger partial charge in [0.05, 0.1) is 10.0 Å². The van der Waals surface area contributed by atoms with Crippen LogP contribution in [0.5, 0.6) is 0 Å². The lowest BCUT2D eigenvalue weighted by molar-refractivity contribution is -0.137. The number of fused-ring (bicyclic) bond motifs is 1. The van der Waals surface area contributed by atoms with Crippen molar-refractivity contribution >= 4 is 51.6 Å². The molecule has 10 heteroatoms. The van der Waals surface area contributed by atoms with Gasteiger partial charge in [-0.15, -0.1) is 0 Å². The standard InChI is InChI=1S/C21H16Cl2F3N5/c22-16-6-5-13(9-17(16)23)30-20-29-11-15(21(24,25)26)19(31-20)27-8-7-12-10-28-18-4-2-1-3-14(12)18/h1-6,9-11,28H,7-8H2,(H2,27,29,30,31). The zero-order valence-electron chi connectivity index (χ0n) is 15.9. The summed E-state index contributed by atoms with van der Waals surface area (Å²) in [5.74, 6) is -0.300. The predicted octanol–water partition coefficient (Wildman–Crippen LogP) is 6.68. The van der Waals surface area contributed by atoms with Crippen molar-refractivity contribution in [2.45, 2.75) is 12.6 Å².